The average molecular weight is 182 g/mol. The van der Waals surface area contributed by atoms with Crippen molar-refractivity contribution in [1.82, 2.24) is 0 Å². The van der Waals surface area contributed by atoms with Crippen molar-refractivity contribution in [3.63, 3.8) is 0 Å². The van der Waals surface area contributed by atoms with Gasteiger partial charge in [-0.05, 0) is 13.8 Å². The molecule has 0 spiro atoms. The summed E-state index contributed by atoms with van der Waals surface area (Å²) in [5.74, 6) is 0. The Morgan fingerprint density at radius 2 is 1.73 bits per heavy atom. The number of hydrogen-bond donors (Lipinski definition) is 0. The quantitative estimate of drug-likeness (QED) is 0.458. The van der Waals surface area contributed by atoms with E-state index in [4.69, 9.17) is 0 Å². The summed E-state index contributed by atoms with van der Waals surface area (Å²) in [5, 5.41) is 0. The van der Waals surface area contributed by atoms with E-state index in [1.807, 2.05) is 0 Å². The zero-order chi connectivity index (χ0) is 8.74. The molecule has 0 bridgehead atoms. The highest BCUT2D eigenvalue weighted by Gasteiger charge is 2.25. The van der Waals surface area contributed by atoms with E-state index in [1.54, 1.807) is 13.8 Å². The van der Waals surface area contributed by atoms with Gasteiger partial charge in [0.05, 0.1) is 13.2 Å². The Morgan fingerprint density at radius 1 is 1.27 bits per heavy atom. The summed E-state index contributed by atoms with van der Waals surface area (Å²) in [4.78, 5) is 9.82. The molecule has 6 heteroatoms. The monoisotopic (exact) mass is 182 g/mol. The lowest BCUT2D eigenvalue weighted by molar-refractivity contribution is -0.122. The highest BCUT2D eigenvalue weighted by atomic mass is 31.2. The first kappa shape index (κ1) is 10.6. The largest absolute Gasteiger partial charge is 0.532 e. The van der Waals surface area contributed by atoms with E-state index in [0.717, 1.165) is 0 Å². The summed E-state index contributed by atoms with van der Waals surface area (Å²) in [7, 11) is -3.59. The molecule has 0 aliphatic heterocycles. The van der Waals surface area contributed by atoms with Crippen molar-refractivity contribution in [2.24, 2.45) is 0 Å². The SMILES string of the molecule is CCOP(=O)(OC=O)OCC. The Kier molecular flexibility index (Phi) is 5.11. The summed E-state index contributed by atoms with van der Waals surface area (Å²) in [6.07, 6.45) is 0. The number of rotatable bonds is 6. The van der Waals surface area contributed by atoms with Crippen LogP contribution in [0.5, 0.6) is 0 Å². The topological polar surface area (TPSA) is 61.8 Å². The molecule has 11 heavy (non-hydrogen) atoms. The minimum Gasteiger partial charge on any atom is -0.373 e. The molecule has 0 rings (SSSR count). The minimum absolute atomic E-state index is 0.0477. The van der Waals surface area contributed by atoms with Gasteiger partial charge in [-0.3, -0.25) is 13.8 Å². The van der Waals surface area contributed by atoms with Gasteiger partial charge >= 0.3 is 14.3 Å². The molecule has 0 heterocycles. The highest BCUT2D eigenvalue weighted by Crippen LogP contribution is 2.48. The van der Waals surface area contributed by atoms with E-state index >= 15 is 0 Å². The highest BCUT2D eigenvalue weighted by molar-refractivity contribution is 7.49. The molecule has 0 saturated heterocycles. The van der Waals surface area contributed by atoms with Crippen molar-refractivity contribution in [2.45, 2.75) is 13.8 Å². The number of hydrogen-bond acceptors (Lipinski definition) is 5. The molecule has 0 atom stereocenters. The van der Waals surface area contributed by atoms with Crippen LogP contribution >= 0.6 is 7.82 Å². The molecule has 0 N–H and O–H groups in total. The summed E-state index contributed by atoms with van der Waals surface area (Å²) < 4.78 is 24.4. The van der Waals surface area contributed by atoms with Gasteiger partial charge in [-0.15, -0.1) is 0 Å². The lowest BCUT2D eigenvalue weighted by Gasteiger charge is -2.12. The van der Waals surface area contributed by atoms with Gasteiger partial charge in [0.1, 0.15) is 0 Å². The van der Waals surface area contributed by atoms with Gasteiger partial charge in [-0.1, -0.05) is 0 Å². The molecular weight excluding hydrogens is 171 g/mol. The van der Waals surface area contributed by atoms with Gasteiger partial charge in [0.25, 0.3) is 0 Å². The number of phosphoric acid groups is 1. The molecule has 0 unspecified atom stereocenters. The first-order chi connectivity index (χ1) is 5.18. The molecule has 0 aromatic heterocycles. The third-order valence-electron chi connectivity index (χ3n) is 0.747. The van der Waals surface area contributed by atoms with Gasteiger partial charge in [-0.2, -0.15) is 0 Å². The van der Waals surface area contributed by atoms with E-state index in [1.165, 1.54) is 0 Å². The van der Waals surface area contributed by atoms with Crippen molar-refractivity contribution in [1.29, 1.82) is 0 Å². The fourth-order valence-corrected chi connectivity index (χ4v) is 1.40. The zero-order valence-corrected chi connectivity index (χ0v) is 7.37. The number of carbonyl (C=O) groups excluding carboxylic acids is 1. The Balaban J connectivity index is 4.01. The second-order valence-corrected chi connectivity index (χ2v) is 3.11. The first-order valence-electron chi connectivity index (χ1n) is 3.19. The molecular formula is C5H11O5P. The fraction of sp³-hybridized carbons (Fsp3) is 0.800. The second-order valence-electron chi connectivity index (χ2n) is 1.48. The van der Waals surface area contributed by atoms with Crippen LogP contribution in [0.4, 0.5) is 0 Å². The van der Waals surface area contributed by atoms with E-state index < -0.39 is 7.82 Å². The molecule has 66 valence electrons. The Labute approximate surface area is 65.3 Å². The van der Waals surface area contributed by atoms with Crippen molar-refractivity contribution < 1.29 is 22.9 Å². The second kappa shape index (κ2) is 5.29. The molecule has 0 aromatic rings. The Hall–Kier alpha value is -0.380. The lowest BCUT2D eigenvalue weighted by atomic mass is 10.9. The number of phosphoric ester groups is 1. The smallest absolute Gasteiger partial charge is 0.373 e. The molecule has 0 saturated carbocycles. The van der Waals surface area contributed by atoms with Crippen LogP contribution in [0, 0.1) is 0 Å². The summed E-state index contributed by atoms with van der Waals surface area (Å²) >= 11 is 0. The van der Waals surface area contributed by atoms with Crippen molar-refractivity contribution in [2.75, 3.05) is 13.2 Å². The predicted octanol–water partition coefficient (Wildman–Crippen LogP) is 1.34. The summed E-state index contributed by atoms with van der Waals surface area (Å²) in [6.45, 7) is 3.64. The molecule has 0 fully saturated rings. The fourth-order valence-electron chi connectivity index (χ4n) is 0.467. The Morgan fingerprint density at radius 3 is 2.00 bits per heavy atom. The van der Waals surface area contributed by atoms with Gasteiger partial charge in [0.2, 0.25) is 0 Å². The maximum atomic E-state index is 11.1. The normalized spacial score (nSPS) is 11.1. The van der Waals surface area contributed by atoms with E-state index in [2.05, 4.69) is 13.6 Å². The van der Waals surface area contributed by atoms with Crippen molar-refractivity contribution >= 4 is 14.3 Å². The first-order valence-corrected chi connectivity index (χ1v) is 4.65. The molecule has 0 amide bonds. The van der Waals surface area contributed by atoms with Crippen molar-refractivity contribution in [3.8, 4) is 0 Å². The maximum absolute atomic E-state index is 11.1. The standard InChI is InChI=1S/C5H11O5P/c1-3-8-11(7,9-4-2)10-5-6/h5H,3-4H2,1-2H3. The molecule has 0 aliphatic rings. The molecule has 0 aromatic carbocycles. The summed E-state index contributed by atoms with van der Waals surface area (Å²) in [6, 6.07) is 0. The third kappa shape index (κ3) is 4.14. The van der Waals surface area contributed by atoms with Crippen LogP contribution < -0.4 is 0 Å². The van der Waals surface area contributed by atoms with Crippen LogP contribution in [-0.4, -0.2) is 19.7 Å². The van der Waals surface area contributed by atoms with Crippen LogP contribution in [0.2, 0.25) is 0 Å². The van der Waals surface area contributed by atoms with Crippen LogP contribution in [0.25, 0.3) is 0 Å². The van der Waals surface area contributed by atoms with Gasteiger partial charge < -0.3 is 4.52 Å². The summed E-state index contributed by atoms with van der Waals surface area (Å²) in [5.41, 5.74) is 0. The average Bonchev–Trinajstić information content (AvgIpc) is 1.88. The molecule has 5 nitrogen and oxygen atoms in total. The molecule has 0 aliphatic carbocycles. The van der Waals surface area contributed by atoms with Crippen LogP contribution in [0.1, 0.15) is 13.8 Å². The van der Waals surface area contributed by atoms with Crippen LogP contribution in [-0.2, 0) is 22.9 Å². The van der Waals surface area contributed by atoms with Crippen LogP contribution in [0.15, 0.2) is 0 Å². The van der Waals surface area contributed by atoms with E-state index in [-0.39, 0.29) is 19.7 Å². The predicted molar refractivity (Wildman–Crippen MR) is 38.0 cm³/mol. The van der Waals surface area contributed by atoms with Gasteiger partial charge in [0, 0.05) is 0 Å². The van der Waals surface area contributed by atoms with E-state index in [9.17, 15) is 9.36 Å². The Bertz CT molecular complexity index is 147. The van der Waals surface area contributed by atoms with Crippen molar-refractivity contribution in [3.05, 3.63) is 0 Å². The minimum atomic E-state index is -3.59. The lowest BCUT2D eigenvalue weighted by Crippen LogP contribution is -1.98. The molecule has 0 radical (unpaired) electrons. The van der Waals surface area contributed by atoms with Gasteiger partial charge in [-0.25, -0.2) is 4.57 Å². The third-order valence-corrected chi connectivity index (χ3v) is 2.24. The zero-order valence-electron chi connectivity index (χ0n) is 6.48. The van der Waals surface area contributed by atoms with Gasteiger partial charge in [0.15, 0.2) is 0 Å². The van der Waals surface area contributed by atoms with Crippen LogP contribution in [0.3, 0.4) is 0 Å². The van der Waals surface area contributed by atoms with E-state index in [0.29, 0.717) is 0 Å². The maximum Gasteiger partial charge on any atom is 0.532 e. The number of carbonyl (C=O) groups is 1.